The number of carbonyl (C=O) groups is 1. The Morgan fingerprint density at radius 3 is 2.70 bits per heavy atom. The normalized spacial score (nSPS) is 10.9. The molecule has 0 aliphatic heterocycles. The molecule has 0 bridgehead atoms. The number of benzene rings is 2. The van der Waals surface area contributed by atoms with E-state index in [0.717, 1.165) is 21.5 Å². The first-order valence-corrected chi connectivity index (χ1v) is 10.2. The van der Waals surface area contributed by atoms with E-state index >= 15 is 0 Å². The molecule has 0 saturated carbocycles. The van der Waals surface area contributed by atoms with Gasteiger partial charge in [0, 0.05) is 5.56 Å². The lowest BCUT2D eigenvalue weighted by atomic mass is 10.1. The van der Waals surface area contributed by atoms with Crippen molar-refractivity contribution in [2.75, 3.05) is 11.1 Å². The van der Waals surface area contributed by atoms with Crippen LogP contribution >= 0.6 is 23.1 Å². The Morgan fingerprint density at radius 1 is 1.07 bits per heavy atom. The highest BCUT2D eigenvalue weighted by atomic mass is 32.2. The largest absolute Gasteiger partial charge is 0.301 e. The predicted molar refractivity (Wildman–Crippen MR) is 111 cm³/mol. The Kier molecular flexibility index (Phi) is 5.13. The molecule has 0 atom stereocenters. The molecule has 0 aliphatic rings. The van der Waals surface area contributed by atoms with E-state index in [-0.39, 0.29) is 11.7 Å². The standard InChI is InChI=1S/C20H16N4OS2/c1-13-7-8-16-17(11-13)27-20(21-16)22-18(25)12-26-19-10-9-15(23-24-19)14-5-3-2-4-6-14/h2-11H,12H2,1H3,(H,21,22,25). The zero-order chi connectivity index (χ0) is 18.6. The summed E-state index contributed by atoms with van der Waals surface area (Å²) in [6.07, 6.45) is 0. The van der Waals surface area contributed by atoms with Crippen molar-refractivity contribution in [2.45, 2.75) is 11.9 Å². The third-order valence-corrected chi connectivity index (χ3v) is 5.70. The Hall–Kier alpha value is -2.77. The van der Waals surface area contributed by atoms with Crippen LogP contribution in [0.4, 0.5) is 5.13 Å². The molecule has 1 amide bonds. The quantitative estimate of drug-likeness (QED) is 0.495. The maximum absolute atomic E-state index is 12.2. The maximum atomic E-state index is 12.2. The van der Waals surface area contributed by atoms with Crippen LogP contribution in [0.15, 0.2) is 65.7 Å². The molecule has 134 valence electrons. The second kappa shape index (κ2) is 7.85. The van der Waals surface area contributed by atoms with Crippen LogP contribution in [0.25, 0.3) is 21.5 Å². The Labute approximate surface area is 164 Å². The zero-order valence-corrected chi connectivity index (χ0v) is 16.2. The van der Waals surface area contributed by atoms with Gasteiger partial charge in [-0.25, -0.2) is 4.98 Å². The van der Waals surface area contributed by atoms with Gasteiger partial charge >= 0.3 is 0 Å². The SMILES string of the molecule is Cc1ccc2nc(NC(=O)CSc3ccc(-c4ccccc4)nn3)sc2c1. The zero-order valence-electron chi connectivity index (χ0n) is 14.5. The fourth-order valence-electron chi connectivity index (χ4n) is 2.54. The van der Waals surface area contributed by atoms with Gasteiger partial charge in [-0.3, -0.25) is 4.79 Å². The Balaban J connectivity index is 1.35. The van der Waals surface area contributed by atoms with Crippen LogP contribution in [-0.4, -0.2) is 26.8 Å². The highest BCUT2D eigenvalue weighted by Gasteiger charge is 2.09. The number of amides is 1. The van der Waals surface area contributed by atoms with E-state index in [2.05, 4.69) is 26.6 Å². The van der Waals surface area contributed by atoms with Crippen LogP contribution in [-0.2, 0) is 4.79 Å². The first-order chi connectivity index (χ1) is 13.2. The van der Waals surface area contributed by atoms with Gasteiger partial charge < -0.3 is 5.32 Å². The molecule has 7 heteroatoms. The number of aryl methyl sites for hydroxylation is 1. The second-order valence-corrected chi connectivity index (χ2v) is 7.98. The molecular weight excluding hydrogens is 376 g/mol. The van der Waals surface area contributed by atoms with Crippen molar-refractivity contribution in [3.8, 4) is 11.3 Å². The third kappa shape index (κ3) is 4.32. The van der Waals surface area contributed by atoms with Crippen molar-refractivity contribution < 1.29 is 4.79 Å². The van der Waals surface area contributed by atoms with Gasteiger partial charge in [0.25, 0.3) is 0 Å². The van der Waals surface area contributed by atoms with Crippen LogP contribution in [0.3, 0.4) is 0 Å². The lowest BCUT2D eigenvalue weighted by Gasteiger charge is -2.03. The maximum Gasteiger partial charge on any atom is 0.236 e. The first-order valence-electron chi connectivity index (χ1n) is 8.36. The number of hydrogen-bond acceptors (Lipinski definition) is 6. The number of carbonyl (C=O) groups excluding carboxylic acids is 1. The highest BCUT2D eigenvalue weighted by Crippen LogP contribution is 2.27. The molecule has 0 radical (unpaired) electrons. The Morgan fingerprint density at radius 2 is 1.93 bits per heavy atom. The molecule has 1 N–H and O–H groups in total. The average Bonchev–Trinajstić information content (AvgIpc) is 3.08. The number of thiazole rings is 1. The van der Waals surface area contributed by atoms with Crippen molar-refractivity contribution in [3.05, 3.63) is 66.2 Å². The molecule has 0 fully saturated rings. The molecule has 2 heterocycles. The van der Waals surface area contributed by atoms with Crippen molar-refractivity contribution in [1.29, 1.82) is 0 Å². The molecule has 4 rings (SSSR count). The molecule has 0 spiro atoms. The van der Waals surface area contributed by atoms with Gasteiger partial charge in [-0.05, 0) is 36.8 Å². The lowest BCUT2D eigenvalue weighted by molar-refractivity contribution is -0.113. The molecule has 2 aromatic carbocycles. The summed E-state index contributed by atoms with van der Waals surface area (Å²) in [4.78, 5) is 16.6. The van der Waals surface area contributed by atoms with Crippen LogP contribution in [0.5, 0.6) is 0 Å². The highest BCUT2D eigenvalue weighted by molar-refractivity contribution is 7.99. The van der Waals surface area contributed by atoms with Gasteiger partial charge in [-0.1, -0.05) is 59.5 Å². The number of rotatable bonds is 5. The van der Waals surface area contributed by atoms with Gasteiger partial charge in [0.1, 0.15) is 5.03 Å². The molecule has 2 aromatic heterocycles. The van der Waals surface area contributed by atoms with E-state index in [1.54, 1.807) is 0 Å². The summed E-state index contributed by atoms with van der Waals surface area (Å²) in [5.41, 5.74) is 3.91. The minimum atomic E-state index is -0.107. The van der Waals surface area contributed by atoms with Crippen molar-refractivity contribution in [3.63, 3.8) is 0 Å². The smallest absolute Gasteiger partial charge is 0.236 e. The van der Waals surface area contributed by atoms with Gasteiger partial charge in [-0.2, -0.15) is 0 Å². The van der Waals surface area contributed by atoms with E-state index < -0.39 is 0 Å². The molecule has 5 nitrogen and oxygen atoms in total. The Bertz CT molecular complexity index is 1080. The van der Waals surface area contributed by atoms with E-state index in [9.17, 15) is 4.79 Å². The summed E-state index contributed by atoms with van der Waals surface area (Å²) < 4.78 is 1.07. The number of aromatic nitrogens is 3. The summed E-state index contributed by atoms with van der Waals surface area (Å²) in [6.45, 7) is 2.04. The monoisotopic (exact) mass is 392 g/mol. The van der Waals surface area contributed by atoms with E-state index in [1.165, 1.54) is 28.7 Å². The van der Waals surface area contributed by atoms with Gasteiger partial charge in [0.2, 0.25) is 5.91 Å². The molecule has 0 unspecified atom stereocenters. The van der Waals surface area contributed by atoms with Gasteiger partial charge in [0.05, 0.1) is 21.7 Å². The number of thioether (sulfide) groups is 1. The van der Waals surface area contributed by atoms with Crippen LogP contribution < -0.4 is 5.32 Å². The van der Waals surface area contributed by atoms with E-state index in [0.29, 0.717) is 10.2 Å². The van der Waals surface area contributed by atoms with Crippen LogP contribution in [0.1, 0.15) is 5.56 Å². The van der Waals surface area contributed by atoms with E-state index in [4.69, 9.17) is 0 Å². The number of nitrogens with one attached hydrogen (secondary N) is 1. The second-order valence-electron chi connectivity index (χ2n) is 5.95. The molecule has 0 aliphatic carbocycles. The minimum absolute atomic E-state index is 0.107. The van der Waals surface area contributed by atoms with Crippen molar-refractivity contribution in [2.24, 2.45) is 0 Å². The summed E-state index contributed by atoms with van der Waals surface area (Å²) in [7, 11) is 0. The number of hydrogen-bond donors (Lipinski definition) is 1. The van der Waals surface area contributed by atoms with Crippen molar-refractivity contribution in [1.82, 2.24) is 15.2 Å². The van der Waals surface area contributed by atoms with Gasteiger partial charge in [-0.15, -0.1) is 10.2 Å². The molecule has 27 heavy (non-hydrogen) atoms. The predicted octanol–water partition coefficient (Wildman–Crippen LogP) is 4.79. The minimum Gasteiger partial charge on any atom is -0.301 e. The fourth-order valence-corrected chi connectivity index (χ4v) is 4.13. The summed E-state index contributed by atoms with van der Waals surface area (Å²) >= 11 is 2.83. The van der Waals surface area contributed by atoms with Gasteiger partial charge in [0.15, 0.2) is 5.13 Å². The third-order valence-electron chi connectivity index (χ3n) is 3.85. The molecular formula is C20H16N4OS2. The summed E-state index contributed by atoms with van der Waals surface area (Å²) in [5, 5.41) is 12.6. The van der Waals surface area contributed by atoms with Crippen LogP contribution in [0.2, 0.25) is 0 Å². The topological polar surface area (TPSA) is 67.8 Å². The first kappa shape index (κ1) is 17.6. The number of nitrogens with zero attached hydrogens (tertiary/aromatic N) is 3. The number of anilines is 1. The number of fused-ring (bicyclic) bond motifs is 1. The summed E-state index contributed by atoms with van der Waals surface area (Å²) in [5.74, 6) is 0.152. The fraction of sp³-hybridized carbons (Fsp3) is 0.100. The average molecular weight is 393 g/mol. The van der Waals surface area contributed by atoms with Crippen LogP contribution in [0, 0.1) is 6.92 Å². The summed E-state index contributed by atoms with van der Waals surface area (Å²) in [6, 6.07) is 19.7. The molecule has 0 saturated heterocycles. The van der Waals surface area contributed by atoms with E-state index in [1.807, 2.05) is 61.5 Å². The van der Waals surface area contributed by atoms with Crippen molar-refractivity contribution >= 4 is 44.4 Å². The molecule has 4 aromatic rings. The lowest BCUT2D eigenvalue weighted by Crippen LogP contribution is -2.13.